The lowest BCUT2D eigenvalue weighted by Gasteiger charge is -2.32. The predicted octanol–water partition coefficient (Wildman–Crippen LogP) is -0.565. The third kappa shape index (κ3) is 0.824. The lowest BCUT2D eigenvalue weighted by molar-refractivity contribution is 0.218. The van der Waals surface area contributed by atoms with Gasteiger partial charge < -0.3 is 21.3 Å². The molecule has 4 amide bonds. The topological polar surface area (TPSA) is 82.3 Å². The number of amides is 4. The van der Waals surface area contributed by atoms with Crippen LogP contribution in [0.15, 0.2) is 0 Å². The van der Waals surface area contributed by atoms with Crippen molar-refractivity contribution >= 4 is 12.1 Å². The van der Waals surface area contributed by atoms with Gasteiger partial charge >= 0.3 is 12.1 Å². The molecule has 6 heteroatoms. The van der Waals surface area contributed by atoms with Crippen LogP contribution in [0.1, 0.15) is 20.3 Å². The standard InChI is InChI=1S/C7H12N4O2/c1-3-7-6(2,8-4(12)10-7)9-5(13)11-7/h3H2,1-2H3,(H2,8,10,12)(H2,9,11,13). The van der Waals surface area contributed by atoms with Crippen LogP contribution in [0.2, 0.25) is 0 Å². The lowest BCUT2D eigenvalue weighted by atomic mass is 9.95. The van der Waals surface area contributed by atoms with Crippen LogP contribution < -0.4 is 21.3 Å². The van der Waals surface area contributed by atoms with Gasteiger partial charge in [-0.15, -0.1) is 0 Å². The summed E-state index contributed by atoms with van der Waals surface area (Å²) in [7, 11) is 0. The van der Waals surface area contributed by atoms with Crippen molar-refractivity contribution in [2.24, 2.45) is 0 Å². The minimum atomic E-state index is -0.726. The van der Waals surface area contributed by atoms with Crippen molar-refractivity contribution in [1.29, 1.82) is 0 Å². The smallest absolute Gasteiger partial charge is 0.312 e. The summed E-state index contributed by atoms with van der Waals surface area (Å²) in [6.45, 7) is 3.67. The molecule has 13 heavy (non-hydrogen) atoms. The van der Waals surface area contributed by atoms with Crippen molar-refractivity contribution in [1.82, 2.24) is 21.3 Å². The Balaban J connectivity index is 2.39. The predicted molar refractivity (Wildman–Crippen MR) is 44.8 cm³/mol. The fourth-order valence-electron chi connectivity index (χ4n) is 1.96. The summed E-state index contributed by atoms with van der Waals surface area (Å²) in [5.74, 6) is 0. The molecule has 2 rings (SSSR count). The van der Waals surface area contributed by atoms with Crippen LogP contribution in [0.4, 0.5) is 9.59 Å². The molecule has 0 aromatic carbocycles. The van der Waals surface area contributed by atoms with Gasteiger partial charge in [0.2, 0.25) is 0 Å². The maximum atomic E-state index is 11.1. The lowest BCUT2D eigenvalue weighted by Crippen LogP contribution is -2.63. The third-order valence-corrected chi connectivity index (χ3v) is 2.76. The molecule has 0 aromatic heterocycles. The SMILES string of the molecule is CCC12NC(=O)NC1(C)NC(=O)N2. The molecule has 2 aliphatic rings. The number of fused-ring (bicyclic) bond motifs is 1. The second kappa shape index (κ2) is 2.07. The van der Waals surface area contributed by atoms with E-state index in [1.54, 1.807) is 6.92 Å². The van der Waals surface area contributed by atoms with Crippen LogP contribution in [0.25, 0.3) is 0 Å². The fourth-order valence-corrected chi connectivity index (χ4v) is 1.96. The first-order valence-corrected chi connectivity index (χ1v) is 4.22. The van der Waals surface area contributed by atoms with Gasteiger partial charge in [0.1, 0.15) is 0 Å². The van der Waals surface area contributed by atoms with Gasteiger partial charge in [-0.05, 0) is 13.3 Å². The quantitative estimate of drug-likeness (QED) is 0.440. The van der Waals surface area contributed by atoms with Crippen molar-refractivity contribution in [2.75, 3.05) is 0 Å². The zero-order valence-electron chi connectivity index (χ0n) is 7.52. The number of rotatable bonds is 1. The highest BCUT2D eigenvalue weighted by Gasteiger charge is 2.60. The summed E-state index contributed by atoms with van der Waals surface area (Å²) in [5.41, 5.74) is -1.42. The van der Waals surface area contributed by atoms with Crippen molar-refractivity contribution in [2.45, 2.75) is 31.6 Å². The Bertz CT molecular complexity index is 268. The van der Waals surface area contributed by atoms with Gasteiger partial charge in [-0.3, -0.25) is 0 Å². The van der Waals surface area contributed by atoms with Crippen molar-refractivity contribution < 1.29 is 9.59 Å². The first kappa shape index (κ1) is 8.15. The first-order chi connectivity index (χ1) is 6.01. The highest BCUT2D eigenvalue weighted by Crippen LogP contribution is 2.29. The van der Waals surface area contributed by atoms with E-state index in [9.17, 15) is 9.59 Å². The van der Waals surface area contributed by atoms with E-state index in [0.29, 0.717) is 6.42 Å². The summed E-state index contributed by atoms with van der Waals surface area (Å²) in [6, 6.07) is -0.534. The molecule has 2 heterocycles. The van der Waals surface area contributed by atoms with E-state index in [1.807, 2.05) is 6.92 Å². The number of carbonyl (C=O) groups is 2. The van der Waals surface area contributed by atoms with Gasteiger partial charge in [0.15, 0.2) is 11.3 Å². The molecule has 2 saturated heterocycles. The average molecular weight is 184 g/mol. The second-order valence-corrected chi connectivity index (χ2v) is 3.54. The molecule has 0 radical (unpaired) electrons. The van der Waals surface area contributed by atoms with E-state index in [-0.39, 0.29) is 12.1 Å². The van der Waals surface area contributed by atoms with E-state index in [4.69, 9.17) is 0 Å². The van der Waals surface area contributed by atoms with E-state index in [1.165, 1.54) is 0 Å². The van der Waals surface area contributed by atoms with Gasteiger partial charge in [0, 0.05) is 0 Å². The maximum Gasteiger partial charge on any atom is 0.318 e. The molecule has 2 aliphatic heterocycles. The van der Waals surface area contributed by atoms with Crippen LogP contribution in [0.5, 0.6) is 0 Å². The summed E-state index contributed by atoms with van der Waals surface area (Å²) in [6.07, 6.45) is 0.626. The molecular weight excluding hydrogens is 172 g/mol. The molecule has 0 spiro atoms. The van der Waals surface area contributed by atoms with Crippen LogP contribution in [0.3, 0.4) is 0 Å². The summed E-state index contributed by atoms with van der Waals surface area (Å²) >= 11 is 0. The number of hydrogen-bond acceptors (Lipinski definition) is 2. The minimum absolute atomic E-state index is 0.267. The first-order valence-electron chi connectivity index (χ1n) is 4.22. The van der Waals surface area contributed by atoms with Crippen LogP contribution in [-0.2, 0) is 0 Å². The summed E-state index contributed by atoms with van der Waals surface area (Å²) < 4.78 is 0. The molecule has 0 unspecified atom stereocenters. The summed E-state index contributed by atoms with van der Waals surface area (Å²) in [4.78, 5) is 22.2. The Morgan fingerprint density at radius 2 is 1.54 bits per heavy atom. The Morgan fingerprint density at radius 1 is 1.08 bits per heavy atom. The van der Waals surface area contributed by atoms with Crippen LogP contribution >= 0.6 is 0 Å². The second-order valence-electron chi connectivity index (χ2n) is 3.54. The van der Waals surface area contributed by atoms with Gasteiger partial charge in [-0.25, -0.2) is 9.59 Å². The molecular formula is C7H12N4O2. The maximum absolute atomic E-state index is 11.1. The van der Waals surface area contributed by atoms with E-state index < -0.39 is 11.3 Å². The molecule has 0 aliphatic carbocycles. The highest BCUT2D eigenvalue weighted by atomic mass is 16.2. The number of urea groups is 2. The molecule has 2 fully saturated rings. The van der Waals surface area contributed by atoms with Crippen molar-refractivity contribution in [3.05, 3.63) is 0 Å². The van der Waals surface area contributed by atoms with Crippen molar-refractivity contribution in [3.63, 3.8) is 0 Å². The molecule has 0 aromatic rings. The van der Waals surface area contributed by atoms with Gasteiger partial charge in [-0.2, -0.15) is 0 Å². The number of nitrogens with one attached hydrogen (secondary N) is 4. The molecule has 0 atom stereocenters. The van der Waals surface area contributed by atoms with E-state index in [0.717, 1.165) is 0 Å². The Labute approximate surface area is 75.4 Å². The molecule has 6 nitrogen and oxygen atoms in total. The summed E-state index contributed by atoms with van der Waals surface area (Å²) in [5, 5.41) is 10.8. The monoisotopic (exact) mass is 184 g/mol. The Kier molecular flexibility index (Phi) is 1.30. The van der Waals surface area contributed by atoms with E-state index in [2.05, 4.69) is 21.3 Å². The number of carbonyl (C=O) groups excluding carboxylic acids is 2. The average Bonchev–Trinajstić information content (AvgIpc) is 2.34. The molecule has 0 bridgehead atoms. The highest BCUT2D eigenvalue weighted by molar-refractivity contribution is 5.87. The van der Waals surface area contributed by atoms with Gasteiger partial charge in [0.25, 0.3) is 0 Å². The Morgan fingerprint density at radius 3 is 1.85 bits per heavy atom. The van der Waals surface area contributed by atoms with Crippen LogP contribution in [-0.4, -0.2) is 23.4 Å². The van der Waals surface area contributed by atoms with Crippen molar-refractivity contribution in [3.8, 4) is 0 Å². The molecule has 4 N–H and O–H groups in total. The van der Waals surface area contributed by atoms with Gasteiger partial charge in [0.05, 0.1) is 0 Å². The fraction of sp³-hybridized carbons (Fsp3) is 0.714. The van der Waals surface area contributed by atoms with E-state index >= 15 is 0 Å². The molecule has 72 valence electrons. The number of hydrogen-bond donors (Lipinski definition) is 4. The minimum Gasteiger partial charge on any atom is -0.312 e. The Hall–Kier alpha value is -1.46. The van der Waals surface area contributed by atoms with Crippen LogP contribution in [0, 0.1) is 0 Å². The van der Waals surface area contributed by atoms with Gasteiger partial charge in [-0.1, -0.05) is 6.92 Å². The zero-order valence-corrected chi connectivity index (χ0v) is 7.52. The normalized spacial score (nSPS) is 41.7. The third-order valence-electron chi connectivity index (χ3n) is 2.76. The molecule has 0 saturated carbocycles. The largest absolute Gasteiger partial charge is 0.318 e. The zero-order chi connectivity index (χ0) is 9.69.